The lowest BCUT2D eigenvalue weighted by Crippen LogP contribution is -2.39. The number of rotatable bonds is 5. The van der Waals surface area contributed by atoms with Crippen LogP contribution in [-0.4, -0.2) is 53.4 Å². The second kappa shape index (κ2) is 8.94. The third-order valence-corrected chi connectivity index (χ3v) is 6.29. The molecule has 1 aliphatic rings. The molecule has 0 saturated carbocycles. The first-order valence-corrected chi connectivity index (χ1v) is 11.3. The van der Waals surface area contributed by atoms with Crippen LogP contribution in [0, 0.1) is 5.82 Å². The fraction of sp³-hybridized carbons (Fsp3) is 0.350. The molecule has 3 aromatic rings. The fourth-order valence-electron chi connectivity index (χ4n) is 3.53. The van der Waals surface area contributed by atoms with Crippen molar-refractivity contribution in [1.82, 2.24) is 23.8 Å². The Morgan fingerprint density at radius 2 is 1.88 bits per heavy atom. The van der Waals surface area contributed by atoms with Gasteiger partial charge in [-0.25, -0.2) is 27.9 Å². The SMILES string of the molecule is CS(=O)N1CCC(Nc2ncc(C(F)(F)F)c(-c3cn(-c4ccccc4F)cn3)n2)CC1. The summed E-state index contributed by atoms with van der Waals surface area (Å²) in [6, 6.07) is 5.82. The summed E-state index contributed by atoms with van der Waals surface area (Å²) >= 11 is 0. The lowest BCUT2D eigenvalue weighted by Gasteiger charge is -2.30. The summed E-state index contributed by atoms with van der Waals surface area (Å²) in [6.07, 6.45) is 1.50. The zero-order valence-corrected chi connectivity index (χ0v) is 17.8. The van der Waals surface area contributed by atoms with Gasteiger partial charge in [-0.15, -0.1) is 0 Å². The van der Waals surface area contributed by atoms with Gasteiger partial charge in [0.25, 0.3) is 0 Å². The van der Waals surface area contributed by atoms with Crippen LogP contribution in [0.5, 0.6) is 0 Å². The van der Waals surface area contributed by atoms with Crippen LogP contribution in [0.4, 0.5) is 23.5 Å². The van der Waals surface area contributed by atoms with E-state index in [1.54, 1.807) is 12.3 Å². The monoisotopic (exact) mass is 468 g/mol. The Bertz CT molecular complexity index is 1130. The molecule has 3 heterocycles. The summed E-state index contributed by atoms with van der Waals surface area (Å²) in [7, 11) is -1.06. The third-order valence-electron chi connectivity index (χ3n) is 5.20. The molecular weight excluding hydrogens is 448 g/mol. The highest BCUT2D eigenvalue weighted by molar-refractivity contribution is 7.81. The first-order chi connectivity index (χ1) is 15.2. The number of benzene rings is 1. The number of nitrogens with zero attached hydrogens (tertiary/aromatic N) is 5. The molecule has 0 radical (unpaired) electrons. The van der Waals surface area contributed by atoms with Gasteiger partial charge in [-0.2, -0.15) is 13.2 Å². The molecule has 1 aliphatic heterocycles. The molecule has 1 fully saturated rings. The van der Waals surface area contributed by atoms with Crippen molar-refractivity contribution in [2.24, 2.45) is 0 Å². The number of anilines is 1. The van der Waals surface area contributed by atoms with Crippen LogP contribution in [0.1, 0.15) is 18.4 Å². The Balaban J connectivity index is 1.63. The third kappa shape index (κ3) is 4.80. The number of piperidine rings is 1. The van der Waals surface area contributed by atoms with Gasteiger partial charge >= 0.3 is 6.18 Å². The standard InChI is InChI=1S/C20H20F4N6OS/c1-32(31)30-8-6-13(7-9-30)27-19-25-10-14(20(22,23)24)18(28-19)16-11-29(12-26-16)17-5-3-2-4-15(17)21/h2-5,10-13H,6-9H2,1H3,(H,25,27,28). The number of nitrogens with one attached hydrogen (secondary N) is 1. The molecule has 32 heavy (non-hydrogen) atoms. The maximum Gasteiger partial charge on any atom is 0.420 e. The van der Waals surface area contributed by atoms with Crippen molar-refractivity contribution in [3.05, 3.63) is 54.4 Å². The Kier molecular flexibility index (Phi) is 6.24. The fourth-order valence-corrected chi connectivity index (χ4v) is 4.26. The normalized spacial score (nSPS) is 16.8. The molecule has 12 heteroatoms. The quantitative estimate of drug-likeness (QED) is 0.579. The van der Waals surface area contributed by atoms with E-state index in [0.29, 0.717) is 25.9 Å². The van der Waals surface area contributed by atoms with Gasteiger partial charge in [0.05, 0.1) is 16.7 Å². The number of hydrogen-bond acceptors (Lipinski definition) is 5. The van der Waals surface area contributed by atoms with E-state index in [-0.39, 0.29) is 23.4 Å². The minimum absolute atomic E-state index is 0.0458. The maximum atomic E-state index is 14.1. The van der Waals surface area contributed by atoms with Crippen molar-refractivity contribution in [2.75, 3.05) is 24.7 Å². The van der Waals surface area contributed by atoms with E-state index in [2.05, 4.69) is 20.3 Å². The van der Waals surface area contributed by atoms with Crippen LogP contribution in [0.25, 0.3) is 17.1 Å². The molecule has 1 saturated heterocycles. The zero-order chi connectivity index (χ0) is 22.9. The van der Waals surface area contributed by atoms with Crippen molar-refractivity contribution in [3.63, 3.8) is 0 Å². The van der Waals surface area contributed by atoms with E-state index in [1.165, 1.54) is 35.3 Å². The second-order valence-electron chi connectivity index (χ2n) is 7.34. The van der Waals surface area contributed by atoms with Gasteiger partial charge in [0, 0.05) is 37.8 Å². The van der Waals surface area contributed by atoms with E-state index in [1.807, 2.05) is 4.31 Å². The molecule has 1 aromatic carbocycles. The summed E-state index contributed by atoms with van der Waals surface area (Å²) in [5.74, 6) is -0.485. The molecule has 0 amide bonds. The van der Waals surface area contributed by atoms with Gasteiger partial charge in [-0.05, 0) is 25.0 Å². The van der Waals surface area contributed by atoms with Crippen LogP contribution >= 0.6 is 0 Å². The van der Waals surface area contributed by atoms with Crippen molar-refractivity contribution in [3.8, 4) is 17.1 Å². The van der Waals surface area contributed by atoms with Crippen LogP contribution in [0.3, 0.4) is 0 Å². The van der Waals surface area contributed by atoms with E-state index in [9.17, 15) is 21.8 Å². The molecule has 1 atom stereocenters. The predicted octanol–water partition coefficient (Wildman–Crippen LogP) is 3.66. The molecular formula is C20H20F4N6OS. The van der Waals surface area contributed by atoms with Crippen molar-refractivity contribution in [1.29, 1.82) is 0 Å². The van der Waals surface area contributed by atoms with Gasteiger partial charge < -0.3 is 9.88 Å². The maximum absolute atomic E-state index is 14.1. The van der Waals surface area contributed by atoms with E-state index >= 15 is 0 Å². The number of hydrogen-bond donors (Lipinski definition) is 1. The minimum Gasteiger partial charge on any atom is -0.351 e. The molecule has 170 valence electrons. The van der Waals surface area contributed by atoms with Gasteiger partial charge in [0.1, 0.15) is 29.1 Å². The Labute approximate surface area is 184 Å². The number of imidazole rings is 1. The van der Waals surface area contributed by atoms with E-state index < -0.39 is 34.2 Å². The smallest absolute Gasteiger partial charge is 0.351 e. The Hall–Kier alpha value is -2.86. The highest BCUT2D eigenvalue weighted by atomic mass is 32.2. The van der Waals surface area contributed by atoms with Crippen molar-refractivity contribution in [2.45, 2.75) is 25.1 Å². The Morgan fingerprint density at radius 3 is 2.53 bits per heavy atom. The van der Waals surface area contributed by atoms with Crippen molar-refractivity contribution < 1.29 is 21.8 Å². The first kappa shape index (κ1) is 22.3. The summed E-state index contributed by atoms with van der Waals surface area (Å²) in [5, 5.41) is 3.07. The molecule has 1 unspecified atom stereocenters. The van der Waals surface area contributed by atoms with Crippen molar-refractivity contribution >= 4 is 16.9 Å². The summed E-state index contributed by atoms with van der Waals surface area (Å²) in [5.41, 5.74) is -1.32. The average Bonchev–Trinajstić information content (AvgIpc) is 3.23. The molecule has 4 rings (SSSR count). The molecule has 0 spiro atoms. The minimum atomic E-state index is -4.69. The molecule has 0 aliphatic carbocycles. The number of alkyl halides is 3. The van der Waals surface area contributed by atoms with Crippen LogP contribution in [-0.2, 0) is 17.2 Å². The van der Waals surface area contributed by atoms with Gasteiger partial charge in [0.2, 0.25) is 5.95 Å². The highest BCUT2D eigenvalue weighted by Gasteiger charge is 2.36. The number of aromatic nitrogens is 4. The topological polar surface area (TPSA) is 75.9 Å². The van der Waals surface area contributed by atoms with Gasteiger partial charge in [-0.3, -0.25) is 0 Å². The first-order valence-electron chi connectivity index (χ1n) is 9.81. The second-order valence-corrected chi connectivity index (χ2v) is 8.71. The number of para-hydroxylation sites is 1. The Morgan fingerprint density at radius 1 is 1.16 bits per heavy atom. The highest BCUT2D eigenvalue weighted by Crippen LogP contribution is 2.36. The molecule has 0 bridgehead atoms. The largest absolute Gasteiger partial charge is 0.420 e. The van der Waals surface area contributed by atoms with Crippen LogP contribution < -0.4 is 5.32 Å². The summed E-state index contributed by atoms with van der Waals surface area (Å²) in [4.78, 5) is 12.0. The molecule has 7 nitrogen and oxygen atoms in total. The van der Waals surface area contributed by atoms with Crippen LogP contribution in [0.2, 0.25) is 0 Å². The average molecular weight is 468 g/mol. The predicted molar refractivity (Wildman–Crippen MR) is 112 cm³/mol. The summed E-state index contributed by atoms with van der Waals surface area (Å²) in [6.45, 7) is 1.20. The lowest BCUT2D eigenvalue weighted by atomic mass is 10.1. The zero-order valence-electron chi connectivity index (χ0n) is 17.0. The van der Waals surface area contributed by atoms with Gasteiger partial charge in [0.15, 0.2) is 0 Å². The molecule has 1 N–H and O–H groups in total. The van der Waals surface area contributed by atoms with Gasteiger partial charge in [-0.1, -0.05) is 12.1 Å². The lowest BCUT2D eigenvalue weighted by molar-refractivity contribution is -0.137. The number of halogens is 4. The van der Waals surface area contributed by atoms with E-state index in [4.69, 9.17) is 0 Å². The molecule has 2 aromatic heterocycles. The van der Waals surface area contributed by atoms with E-state index in [0.717, 1.165) is 6.20 Å². The summed E-state index contributed by atoms with van der Waals surface area (Å²) < 4.78 is 69.6. The van der Waals surface area contributed by atoms with Crippen LogP contribution in [0.15, 0.2) is 43.0 Å².